The molecule has 0 unspecified atom stereocenters. The quantitative estimate of drug-likeness (QED) is 0.285. The van der Waals surface area contributed by atoms with Crippen molar-refractivity contribution in [3.8, 4) is 0 Å². The molecular formula is C25H23N3O2. The highest BCUT2D eigenvalue weighted by Crippen LogP contribution is 2.30. The highest BCUT2D eigenvalue weighted by molar-refractivity contribution is 6.45. The summed E-state index contributed by atoms with van der Waals surface area (Å²) in [5.41, 5.74) is 3.66. The second kappa shape index (κ2) is 7.67. The molecule has 1 aliphatic carbocycles. The molecule has 0 saturated heterocycles. The molecule has 2 heterocycles. The number of ketones is 1. The first-order valence-electron chi connectivity index (χ1n) is 10.4. The van der Waals surface area contributed by atoms with Crippen LogP contribution in [0, 0.1) is 0 Å². The molecule has 150 valence electrons. The number of benzene rings is 2. The first-order valence-corrected chi connectivity index (χ1v) is 10.4. The summed E-state index contributed by atoms with van der Waals surface area (Å²) in [6, 6.07) is 16.1. The summed E-state index contributed by atoms with van der Waals surface area (Å²) in [5.74, 6) is -1.04. The number of para-hydroxylation sites is 2. The number of nitrogens with zero attached hydrogens (tertiary/aromatic N) is 1. The maximum atomic E-state index is 12.9. The smallest absolute Gasteiger partial charge is 0.292 e. The molecule has 2 aromatic carbocycles. The van der Waals surface area contributed by atoms with Gasteiger partial charge in [-0.15, -0.1) is 0 Å². The topological polar surface area (TPSA) is 66.9 Å². The van der Waals surface area contributed by atoms with Crippen molar-refractivity contribution in [3.63, 3.8) is 0 Å². The van der Waals surface area contributed by atoms with Gasteiger partial charge in [0.2, 0.25) is 0 Å². The zero-order valence-corrected chi connectivity index (χ0v) is 16.6. The van der Waals surface area contributed by atoms with Crippen LogP contribution in [0.15, 0.2) is 73.1 Å². The molecule has 0 spiro atoms. The van der Waals surface area contributed by atoms with Gasteiger partial charge in [0.25, 0.3) is 11.7 Å². The summed E-state index contributed by atoms with van der Waals surface area (Å²) in [7, 11) is 0. The van der Waals surface area contributed by atoms with Crippen molar-refractivity contribution in [2.24, 2.45) is 0 Å². The monoisotopic (exact) mass is 397 g/mol. The lowest BCUT2D eigenvalue weighted by molar-refractivity contribution is -0.116. The number of aromatic amines is 1. The molecule has 5 rings (SSSR count). The van der Waals surface area contributed by atoms with Crippen LogP contribution in [0.1, 0.15) is 34.8 Å². The van der Waals surface area contributed by atoms with Crippen LogP contribution in [-0.2, 0) is 11.2 Å². The molecule has 30 heavy (non-hydrogen) atoms. The highest BCUT2D eigenvalue weighted by Gasteiger charge is 2.23. The van der Waals surface area contributed by atoms with Crippen molar-refractivity contribution in [2.75, 3.05) is 6.54 Å². The van der Waals surface area contributed by atoms with Gasteiger partial charge in [-0.3, -0.25) is 9.59 Å². The van der Waals surface area contributed by atoms with Crippen LogP contribution in [0.3, 0.4) is 0 Å². The van der Waals surface area contributed by atoms with Crippen LogP contribution in [0.25, 0.3) is 21.8 Å². The lowest BCUT2D eigenvalue weighted by Crippen LogP contribution is -2.32. The van der Waals surface area contributed by atoms with Gasteiger partial charge in [0, 0.05) is 40.7 Å². The average Bonchev–Trinajstić information content (AvgIpc) is 3.52. The summed E-state index contributed by atoms with van der Waals surface area (Å²) in [5, 5.41) is 4.77. The first-order chi connectivity index (χ1) is 14.7. The van der Waals surface area contributed by atoms with Crippen LogP contribution >= 0.6 is 0 Å². The molecule has 1 amide bonds. The molecule has 0 aliphatic heterocycles. The molecule has 5 nitrogen and oxygen atoms in total. The Morgan fingerprint density at radius 3 is 2.70 bits per heavy atom. The van der Waals surface area contributed by atoms with Crippen molar-refractivity contribution in [1.29, 1.82) is 0 Å². The summed E-state index contributed by atoms with van der Waals surface area (Å²) in [6.45, 7) is 0.413. The molecule has 2 aromatic heterocycles. The van der Waals surface area contributed by atoms with Crippen molar-refractivity contribution in [1.82, 2.24) is 14.9 Å². The van der Waals surface area contributed by atoms with Gasteiger partial charge in [0.05, 0.1) is 11.6 Å². The van der Waals surface area contributed by atoms with E-state index in [-0.39, 0.29) is 6.04 Å². The second-order valence-electron chi connectivity index (χ2n) is 7.73. The zero-order valence-electron chi connectivity index (χ0n) is 16.6. The van der Waals surface area contributed by atoms with Gasteiger partial charge in [-0.1, -0.05) is 48.6 Å². The first kappa shape index (κ1) is 18.4. The van der Waals surface area contributed by atoms with E-state index >= 15 is 0 Å². The summed E-state index contributed by atoms with van der Waals surface area (Å²) in [4.78, 5) is 28.8. The Balaban J connectivity index is 1.32. The molecule has 0 radical (unpaired) electrons. The maximum Gasteiger partial charge on any atom is 0.292 e. The van der Waals surface area contributed by atoms with Crippen LogP contribution < -0.4 is 5.32 Å². The minimum absolute atomic E-state index is 0.237. The number of amides is 1. The summed E-state index contributed by atoms with van der Waals surface area (Å²) >= 11 is 0. The third-order valence-electron chi connectivity index (χ3n) is 5.89. The largest absolute Gasteiger partial charge is 0.361 e. The molecule has 4 aromatic rings. The molecule has 2 N–H and O–H groups in total. The molecule has 0 bridgehead atoms. The fourth-order valence-corrected chi connectivity index (χ4v) is 4.36. The van der Waals surface area contributed by atoms with E-state index in [9.17, 15) is 9.59 Å². The standard InChI is InChI=1S/C25H23N3O2/c29-24(25(30)26-14-13-17-15-27-22-11-5-3-9-19(17)22)21-16-28(18-7-1-2-8-18)23-12-6-4-10-20(21)23/h1,3-7,9-12,15-16,18,27H,2,8,13-14H2,(H,26,30)/t18-/m1/s1. The number of Topliss-reactive ketones (excluding diaryl/α,β-unsaturated/α-hetero) is 1. The fourth-order valence-electron chi connectivity index (χ4n) is 4.36. The van der Waals surface area contributed by atoms with Crippen molar-refractivity contribution < 1.29 is 9.59 Å². The average molecular weight is 397 g/mol. The Labute approximate surface area is 174 Å². The highest BCUT2D eigenvalue weighted by atomic mass is 16.2. The Morgan fingerprint density at radius 1 is 1.07 bits per heavy atom. The van der Waals surface area contributed by atoms with E-state index in [1.165, 1.54) is 0 Å². The number of carbonyl (C=O) groups is 2. The van der Waals surface area contributed by atoms with Crippen LogP contribution in [0.5, 0.6) is 0 Å². The predicted molar refractivity (Wildman–Crippen MR) is 119 cm³/mol. The molecule has 1 atom stereocenters. The van der Waals surface area contributed by atoms with Crippen LogP contribution in [-0.4, -0.2) is 27.8 Å². The van der Waals surface area contributed by atoms with Gasteiger partial charge < -0.3 is 14.9 Å². The van der Waals surface area contributed by atoms with E-state index in [0.717, 1.165) is 40.2 Å². The van der Waals surface area contributed by atoms with Gasteiger partial charge in [0.1, 0.15) is 0 Å². The van der Waals surface area contributed by atoms with E-state index in [1.807, 2.05) is 54.9 Å². The maximum absolute atomic E-state index is 12.9. The Kier molecular flexibility index (Phi) is 4.71. The summed E-state index contributed by atoms with van der Waals surface area (Å²) in [6.07, 6.45) is 10.9. The third-order valence-corrected chi connectivity index (χ3v) is 5.89. The minimum Gasteiger partial charge on any atom is -0.361 e. The van der Waals surface area contributed by atoms with E-state index < -0.39 is 11.7 Å². The number of carbonyl (C=O) groups excluding carboxylic acids is 2. The number of nitrogens with one attached hydrogen (secondary N) is 2. The van der Waals surface area contributed by atoms with Crippen molar-refractivity contribution in [3.05, 3.63) is 84.2 Å². The third kappa shape index (κ3) is 3.22. The lowest BCUT2D eigenvalue weighted by atomic mass is 10.1. The number of hydrogen-bond acceptors (Lipinski definition) is 2. The Hall–Kier alpha value is -3.60. The van der Waals surface area contributed by atoms with E-state index in [2.05, 4.69) is 33.1 Å². The fraction of sp³-hybridized carbons (Fsp3) is 0.200. The van der Waals surface area contributed by atoms with Gasteiger partial charge >= 0.3 is 0 Å². The molecule has 0 fully saturated rings. The van der Waals surface area contributed by atoms with E-state index in [0.29, 0.717) is 18.5 Å². The predicted octanol–water partition coefficient (Wildman–Crippen LogP) is 4.56. The number of fused-ring (bicyclic) bond motifs is 2. The van der Waals surface area contributed by atoms with Gasteiger partial charge in [-0.2, -0.15) is 0 Å². The number of H-pyrrole nitrogens is 1. The molecule has 0 saturated carbocycles. The molecule has 5 heteroatoms. The lowest BCUT2D eigenvalue weighted by Gasteiger charge is -2.11. The Bertz CT molecular complexity index is 1280. The minimum atomic E-state index is -0.556. The van der Waals surface area contributed by atoms with Gasteiger partial charge in [-0.05, 0) is 37.0 Å². The molecule has 1 aliphatic rings. The van der Waals surface area contributed by atoms with Gasteiger partial charge in [0.15, 0.2) is 0 Å². The van der Waals surface area contributed by atoms with Crippen molar-refractivity contribution >= 4 is 33.5 Å². The van der Waals surface area contributed by atoms with Crippen LogP contribution in [0.4, 0.5) is 0 Å². The van der Waals surface area contributed by atoms with Gasteiger partial charge in [-0.25, -0.2) is 0 Å². The Morgan fingerprint density at radius 2 is 1.87 bits per heavy atom. The SMILES string of the molecule is O=C(NCCc1c[nH]c2ccccc12)C(=O)c1cn([C@@H]2C=CCC2)c2ccccc12. The number of rotatable bonds is 6. The van der Waals surface area contributed by atoms with Crippen LogP contribution in [0.2, 0.25) is 0 Å². The number of hydrogen-bond donors (Lipinski definition) is 2. The number of aromatic nitrogens is 2. The molecular weight excluding hydrogens is 374 g/mol. The summed E-state index contributed by atoms with van der Waals surface area (Å²) < 4.78 is 2.12. The van der Waals surface area contributed by atoms with Crippen molar-refractivity contribution in [2.45, 2.75) is 25.3 Å². The normalized spacial score (nSPS) is 15.8. The zero-order chi connectivity index (χ0) is 20.5. The van der Waals surface area contributed by atoms with E-state index in [1.54, 1.807) is 0 Å². The number of allylic oxidation sites excluding steroid dienone is 2. The second-order valence-corrected chi connectivity index (χ2v) is 7.73. The van der Waals surface area contributed by atoms with E-state index in [4.69, 9.17) is 0 Å².